The van der Waals surface area contributed by atoms with Gasteiger partial charge >= 0.3 is 0 Å². The number of nitrogens with zero attached hydrogens (tertiary/aromatic N) is 3. The minimum atomic E-state index is 0.694. The molecule has 3 rings (SSSR count). The monoisotopic (exact) mass is 274 g/mol. The van der Waals surface area contributed by atoms with Crippen LogP contribution in [0.2, 0.25) is 0 Å². The highest BCUT2D eigenvalue weighted by molar-refractivity contribution is 7.71. The summed E-state index contributed by atoms with van der Waals surface area (Å²) >= 11 is 5.29. The van der Waals surface area contributed by atoms with Crippen LogP contribution in [0, 0.1) is 4.77 Å². The molecule has 0 spiro atoms. The second kappa shape index (κ2) is 5.17. The van der Waals surface area contributed by atoms with E-state index in [-0.39, 0.29) is 0 Å². The first-order chi connectivity index (χ1) is 9.31. The summed E-state index contributed by atoms with van der Waals surface area (Å²) in [6.07, 6.45) is 3.55. The van der Waals surface area contributed by atoms with E-state index in [0.29, 0.717) is 4.77 Å². The fourth-order valence-corrected chi connectivity index (χ4v) is 2.96. The molecule has 5 heteroatoms. The number of nitrogens with one attached hydrogen (secondary N) is 1. The zero-order valence-corrected chi connectivity index (χ0v) is 11.9. The zero-order valence-electron chi connectivity index (χ0n) is 11.1. The van der Waals surface area contributed by atoms with Crippen LogP contribution in [0.5, 0.6) is 0 Å². The molecule has 2 aromatic rings. The summed E-state index contributed by atoms with van der Waals surface area (Å²) in [5.74, 6) is 0.932. The van der Waals surface area contributed by atoms with Crippen molar-refractivity contribution in [2.75, 3.05) is 11.4 Å². The van der Waals surface area contributed by atoms with Crippen molar-refractivity contribution in [3.8, 4) is 0 Å². The number of hydrogen-bond acceptors (Lipinski definition) is 3. The Bertz CT molecular complexity index is 628. The Labute approximate surface area is 118 Å². The maximum atomic E-state index is 5.29. The smallest absolute Gasteiger partial charge is 0.230 e. The van der Waals surface area contributed by atoms with Gasteiger partial charge in [0.25, 0.3) is 0 Å². The molecule has 0 aliphatic carbocycles. The van der Waals surface area contributed by atoms with Gasteiger partial charge in [-0.15, -0.1) is 5.10 Å². The highest BCUT2D eigenvalue weighted by Crippen LogP contribution is 2.31. The van der Waals surface area contributed by atoms with Crippen LogP contribution >= 0.6 is 12.2 Å². The lowest BCUT2D eigenvalue weighted by molar-refractivity contribution is 0.708. The van der Waals surface area contributed by atoms with Gasteiger partial charge < -0.3 is 4.90 Å². The Morgan fingerprint density at radius 1 is 1.32 bits per heavy atom. The molecule has 0 unspecified atom stereocenters. The minimum absolute atomic E-state index is 0.694. The number of aromatic amines is 1. The van der Waals surface area contributed by atoms with E-state index in [1.807, 2.05) is 0 Å². The van der Waals surface area contributed by atoms with Crippen LogP contribution < -0.4 is 4.90 Å². The number of fused-ring (bicyclic) bond motifs is 1. The molecule has 1 aromatic heterocycles. The van der Waals surface area contributed by atoms with E-state index in [1.165, 1.54) is 24.1 Å². The molecule has 0 amide bonds. The standard InChI is InChI=1S/C14H18N4S/c1-2-17-13(15-16-14(17)19)18-10-6-5-8-11-7-3-4-9-12(11)18/h3-4,7,9H,2,5-6,8,10H2,1H3,(H,16,19). The van der Waals surface area contributed by atoms with Crippen molar-refractivity contribution in [1.82, 2.24) is 14.8 Å². The van der Waals surface area contributed by atoms with E-state index in [0.717, 1.165) is 25.5 Å². The van der Waals surface area contributed by atoms with Gasteiger partial charge in [-0.05, 0) is 50.0 Å². The number of aryl methyl sites for hydroxylation is 1. The number of rotatable bonds is 2. The normalized spacial score (nSPS) is 15.1. The van der Waals surface area contributed by atoms with E-state index in [9.17, 15) is 0 Å². The molecule has 0 bridgehead atoms. The number of H-pyrrole nitrogens is 1. The molecule has 0 radical (unpaired) electrons. The lowest BCUT2D eigenvalue weighted by Gasteiger charge is -2.23. The fourth-order valence-electron chi connectivity index (χ4n) is 2.70. The van der Waals surface area contributed by atoms with Crippen LogP contribution in [-0.4, -0.2) is 21.3 Å². The average Bonchev–Trinajstić information content (AvgIpc) is 2.68. The second-order valence-electron chi connectivity index (χ2n) is 4.81. The van der Waals surface area contributed by atoms with Crippen molar-refractivity contribution in [2.45, 2.75) is 32.7 Å². The molecule has 0 saturated carbocycles. The summed E-state index contributed by atoms with van der Waals surface area (Å²) in [5, 5.41) is 7.33. The molecule has 1 N–H and O–H groups in total. The van der Waals surface area contributed by atoms with Crippen LogP contribution in [-0.2, 0) is 13.0 Å². The van der Waals surface area contributed by atoms with Crippen molar-refractivity contribution in [1.29, 1.82) is 0 Å². The zero-order chi connectivity index (χ0) is 13.2. The quantitative estimate of drug-likeness (QED) is 0.852. The van der Waals surface area contributed by atoms with Gasteiger partial charge in [0.2, 0.25) is 5.95 Å². The van der Waals surface area contributed by atoms with Crippen LogP contribution in [0.3, 0.4) is 0 Å². The molecule has 1 aliphatic heterocycles. The summed E-state index contributed by atoms with van der Waals surface area (Å²) in [4.78, 5) is 2.29. The topological polar surface area (TPSA) is 36.9 Å². The van der Waals surface area contributed by atoms with Gasteiger partial charge in [0.1, 0.15) is 0 Å². The molecular weight excluding hydrogens is 256 g/mol. The minimum Gasteiger partial charge on any atom is -0.310 e. The fraction of sp³-hybridized carbons (Fsp3) is 0.429. The van der Waals surface area contributed by atoms with Gasteiger partial charge in [-0.3, -0.25) is 4.57 Å². The van der Waals surface area contributed by atoms with Crippen molar-refractivity contribution < 1.29 is 0 Å². The molecule has 0 saturated heterocycles. The number of benzene rings is 1. The third-order valence-corrected chi connectivity index (χ3v) is 3.97. The lowest BCUT2D eigenvalue weighted by Crippen LogP contribution is -2.22. The van der Waals surface area contributed by atoms with Crippen molar-refractivity contribution in [3.63, 3.8) is 0 Å². The second-order valence-corrected chi connectivity index (χ2v) is 5.20. The maximum absolute atomic E-state index is 5.29. The molecule has 2 heterocycles. The van der Waals surface area contributed by atoms with E-state index in [4.69, 9.17) is 12.2 Å². The molecule has 0 atom stereocenters. The first-order valence-corrected chi connectivity index (χ1v) is 7.22. The van der Waals surface area contributed by atoms with Crippen molar-refractivity contribution in [3.05, 3.63) is 34.6 Å². The Hall–Kier alpha value is -1.62. The van der Waals surface area contributed by atoms with E-state index in [1.54, 1.807) is 0 Å². The van der Waals surface area contributed by atoms with Gasteiger partial charge in [-0.25, -0.2) is 5.10 Å². The summed E-state index contributed by atoms with van der Waals surface area (Å²) in [6, 6.07) is 8.59. The largest absolute Gasteiger partial charge is 0.310 e. The highest BCUT2D eigenvalue weighted by atomic mass is 32.1. The summed E-state index contributed by atoms with van der Waals surface area (Å²) in [5.41, 5.74) is 2.67. The van der Waals surface area contributed by atoms with E-state index in [2.05, 4.69) is 50.9 Å². The molecule has 100 valence electrons. The lowest BCUT2D eigenvalue weighted by atomic mass is 10.1. The number of hydrogen-bond donors (Lipinski definition) is 1. The maximum Gasteiger partial charge on any atom is 0.230 e. The first-order valence-electron chi connectivity index (χ1n) is 6.82. The van der Waals surface area contributed by atoms with Gasteiger partial charge in [0.05, 0.1) is 0 Å². The molecule has 4 nitrogen and oxygen atoms in total. The van der Waals surface area contributed by atoms with Gasteiger partial charge in [-0.1, -0.05) is 18.2 Å². The van der Waals surface area contributed by atoms with Crippen molar-refractivity contribution in [2.24, 2.45) is 0 Å². The van der Waals surface area contributed by atoms with Crippen LogP contribution in [0.4, 0.5) is 11.6 Å². The van der Waals surface area contributed by atoms with Gasteiger partial charge in [-0.2, -0.15) is 0 Å². The van der Waals surface area contributed by atoms with E-state index < -0.39 is 0 Å². The first kappa shape index (κ1) is 12.4. The van der Waals surface area contributed by atoms with Gasteiger partial charge in [0, 0.05) is 18.8 Å². The predicted molar refractivity (Wildman–Crippen MR) is 79.5 cm³/mol. The Morgan fingerprint density at radius 3 is 3.00 bits per heavy atom. The Morgan fingerprint density at radius 2 is 2.16 bits per heavy atom. The van der Waals surface area contributed by atoms with Crippen molar-refractivity contribution >= 4 is 23.9 Å². The summed E-state index contributed by atoms with van der Waals surface area (Å²) in [7, 11) is 0. The van der Waals surface area contributed by atoms with Crippen LogP contribution in [0.1, 0.15) is 25.3 Å². The molecule has 19 heavy (non-hydrogen) atoms. The predicted octanol–water partition coefficient (Wildman–Crippen LogP) is 3.43. The third kappa shape index (κ3) is 2.18. The average molecular weight is 274 g/mol. The number of para-hydroxylation sites is 1. The highest BCUT2D eigenvalue weighted by Gasteiger charge is 2.20. The number of anilines is 2. The molecular formula is C14H18N4S. The third-order valence-electron chi connectivity index (χ3n) is 3.66. The molecule has 1 aliphatic rings. The SMILES string of the molecule is CCn1c(N2CCCCc3ccccc32)n[nH]c1=S. The Balaban J connectivity index is 2.11. The Kier molecular flexibility index (Phi) is 3.38. The van der Waals surface area contributed by atoms with Crippen LogP contribution in [0.25, 0.3) is 0 Å². The molecule has 1 aromatic carbocycles. The number of aromatic nitrogens is 3. The van der Waals surface area contributed by atoms with Gasteiger partial charge in [0.15, 0.2) is 4.77 Å². The molecule has 0 fully saturated rings. The van der Waals surface area contributed by atoms with Crippen LogP contribution in [0.15, 0.2) is 24.3 Å². The summed E-state index contributed by atoms with van der Waals surface area (Å²) in [6.45, 7) is 3.93. The summed E-state index contributed by atoms with van der Waals surface area (Å²) < 4.78 is 2.75. The van der Waals surface area contributed by atoms with E-state index >= 15 is 0 Å².